The van der Waals surface area contributed by atoms with Crippen molar-refractivity contribution in [1.29, 1.82) is 0 Å². The van der Waals surface area contributed by atoms with Crippen molar-refractivity contribution in [2.24, 2.45) is 11.7 Å². The molecule has 0 bridgehead atoms. The van der Waals surface area contributed by atoms with Crippen molar-refractivity contribution >= 4 is 11.7 Å². The molecule has 1 aliphatic carbocycles. The quantitative estimate of drug-likeness (QED) is 0.789. The Balaban J connectivity index is 1.83. The van der Waals surface area contributed by atoms with E-state index in [9.17, 15) is 4.79 Å². The van der Waals surface area contributed by atoms with Crippen LogP contribution in [-0.2, 0) is 0 Å². The number of nitrogens with two attached hydrogens (primary N) is 1. The average molecular weight is 289 g/mol. The lowest BCUT2D eigenvalue weighted by atomic mass is 9.84. The van der Waals surface area contributed by atoms with Gasteiger partial charge in [-0.1, -0.05) is 38.3 Å². The second-order valence-corrected chi connectivity index (χ2v) is 6.15. The highest BCUT2D eigenvalue weighted by Gasteiger charge is 2.21. The van der Waals surface area contributed by atoms with E-state index in [1.165, 1.54) is 19.3 Å². The standard InChI is InChI=1S/C17H27N3O/c1-3-13-5-4-6-16(11-13)20-17(21)19-15-9-7-14(8-10-15)12(2)18/h7-10,12-13,16H,3-6,11,18H2,1-2H3,(H2,19,20,21). The summed E-state index contributed by atoms with van der Waals surface area (Å²) in [5.41, 5.74) is 7.69. The molecule has 0 aromatic heterocycles. The lowest BCUT2D eigenvalue weighted by Gasteiger charge is -2.29. The molecule has 1 fully saturated rings. The van der Waals surface area contributed by atoms with Crippen molar-refractivity contribution < 1.29 is 4.79 Å². The summed E-state index contributed by atoms with van der Waals surface area (Å²) in [7, 11) is 0. The number of urea groups is 1. The Kier molecular flexibility index (Phi) is 5.62. The van der Waals surface area contributed by atoms with E-state index in [2.05, 4.69) is 17.6 Å². The molecule has 4 nitrogen and oxygen atoms in total. The average Bonchev–Trinajstić information content (AvgIpc) is 2.47. The largest absolute Gasteiger partial charge is 0.335 e. The zero-order valence-electron chi connectivity index (χ0n) is 13.1. The van der Waals surface area contributed by atoms with Gasteiger partial charge >= 0.3 is 6.03 Å². The summed E-state index contributed by atoms with van der Waals surface area (Å²) < 4.78 is 0. The summed E-state index contributed by atoms with van der Waals surface area (Å²) in [5.74, 6) is 0.759. The van der Waals surface area contributed by atoms with Crippen LogP contribution in [0.15, 0.2) is 24.3 Å². The number of anilines is 1. The molecule has 4 N–H and O–H groups in total. The van der Waals surface area contributed by atoms with Gasteiger partial charge in [0.05, 0.1) is 0 Å². The van der Waals surface area contributed by atoms with Gasteiger partial charge in [-0.25, -0.2) is 4.79 Å². The molecule has 1 aliphatic rings. The highest BCUT2D eigenvalue weighted by atomic mass is 16.2. The van der Waals surface area contributed by atoms with Crippen LogP contribution in [0.25, 0.3) is 0 Å². The number of carbonyl (C=O) groups is 1. The predicted octanol–water partition coefficient (Wildman–Crippen LogP) is 3.80. The van der Waals surface area contributed by atoms with E-state index in [-0.39, 0.29) is 12.1 Å². The second-order valence-electron chi connectivity index (χ2n) is 6.15. The van der Waals surface area contributed by atoms with Crippen LogP contribution in [0.5, 0.6) is 0 Å². The highest BCUT2D eigenvalue weighted by molar-refractivity contribution is 5.89. The van der Waals surface area contributed by atoms with Gasteiger partial charge < -0.3 is 16.4 Å². The van der Waals surface area contributed by atoms with Crippen LogP contribution in [-0.4, -0.2) is 12.1 Å². The molecule has 21 heavy (non-hydrogen) atoms. The van der Waals surface area contributed by atoms with E-state index in [1.54, 1.807) is 0 Å². The maximum Gasteiger partial charge on any atom is 0.319 e. The van der Waals surface area contributed by atoms with Crippen LogP contribution in [0.4, 0.5) is 10.5 Å². The molecule has 2 amide bonds. The third-order valence-electron chi connectivity index (χ3n) is 4.39. The number of amides is 2. The van der Waals surface area contributed by atoms with Crippen molar-refractivity contribution in [3.8, 4) is 0 Å². The maximum atomic E-state index is 12.0. The zero-order chi connectivity index (χ0) is 15.2. The number of hydrogen-bond donors (Lipinski definition) is 3. The SMILES string of the molecule is CCC1CCCC(NC(=O)Nc2ccc(C(C)N)cc2)C1. The zero-order valence-corrected chi connectivity index (χ0v) is 13.1. The fourth-order valence-corrected chi connectivity index (χ4v) is 3.02. The Morgan fingerprint density at radius 3 is 2.67 bits per heavy atom. The van der Waals surface area contributed by atoms with Crippen molar-refractivity contribution in [2.45, 2.75) is 58.0 Å². The first-order chi connectivity index (χ1) is 10.1. The molecule has 4 heteroatoms. The molecule has 1 saturated carbocycles. The molecule has 2 rings (SSSR count). The third-order valence-corrected chi connectivity index (χ3v) is 4.39. The summed E-state index contributed by atoms with van der Waals surface area (Å²) in [6.07, 6.45) is 5.92. The molecular formula is C17H27N3O. The molecule has 116 valence electrons. The van der Waals surface area contributed by atoms with Crippen LogP contribution in [0.3, 0.4) is 0 Å². The van der Waals surface area contributed by atoms with Gasteiger partial charge in [-0.3, -0.25) is 0 Å². The first-order valence-corrected chi connectivity index (χ1v) is 8.01. The third kappa shape index (κ3) is 4.74. The van der Waals surface area contributed by atoms with Gasteiger partial charge in [0, 0.05) is 17.8 Å². The lowest BCUT2D eigenvalue weighted by Crippen LogP contribution is -2.40. The van der Waals surface area contributed by atoms with Gasteiger partial charge in [-0.15, -0.1) is 0 Å². The molecule has 1 aromatic carbocycles. The molecule has 0 spiro atoms. The van der Waals surface area contributed by atoms with Crippen molar-refractivity contribution in [1.82, 2.24) is 5.32 Å². The molecule has 1 aromatic rings. The van der Waals surface area contributed by atoms with E-state index in [0.29, 0.717) is 6.04 Å². The summed E-state index contributed by atoms with van der Waals surface area (Å²) in [6.45, 7) is 4.18. The first kappa shape index (κ1) is 15.8. The van der Waals surface area contributed by atoms with E-state index < -0.39 is 0 Å². The second kappa shape index (κ2) is 7.46. The lowest BCUT2D eigenvalue weighted by molar-refractivity contribution is 0.235. The monoisotopic (exact) mass is 289 g/mol. The minimum absolute atomic E-state index is 0.0149. The van der Waals surface area contributed by atoms with Gasteiger partial charge in [0.2, 0.25) is 0 Å². The Morgan fingerprint density at radius 1 is 1.33 bits per heavy atom. The van der Waals surface area contributed by atoms with Gasteiger partial charge in [0.15, 0.2) is 0 Å². The van der Waals surface area contributed by atoms with Crippen LogP contribution in [0.1, 0.15) is 57.6 Å². The molecular weight excluding hydrogens is 262 g/mol. The number of carbonyl (C=O) groups excluding carboxylic acids is 1. The minimum atomic E-state index is -0.106. The van der Waals surface area contributed by atoms with Gasteiger partial charge in [-0.2, -0.15) is 0 Å². The van der Waals surface area contributed by atoms with Gasteiger partial charge in [0.25, 0.3) is 0 Å². The number of nitrogens with one attached hydrogen (secondary N) is 2. The van der Waals surface area contributed by atoms with E-state index in [0.717, 1.165) is 30.0 Å². The molecule has 0 radical (unpaired) electrons. The number of rotatable bonds is 4. The Hall–Kier alpha value is -1.55. The van der Waals surface area contributed by atoms with Gasteiger partial charge in [0.1, 0.15) is 0 Å². The Labute approximate surface area is 127 Å². The highest BCUT2D eigenvalue weighted by Crippen LogP contribution is 2.26. The van der Waals surface area contributed by atoms with Crippen LogP contribution in [0.2, 0.25) is 0 Å². The Bertz CT molecular complexity index is 456. The van der Waals surface area contributed by atoms with Crippen LogP contribution < -0.4 is 16.4 Å². The number of hydrogen-bond acceptors (Lipinski definition) is 2. The van der Waals surface area contributed by atoms with Crippen molar-refractivity contribution in [2.75, 3.05) is 5.32 Å². The smallest absolute Gasteiger partial charge is 0.319 e. The van der Waals surface area contributed by atoms with E-state index in [1.807, 2.05) is 31.2 Å². The fraction of sp³-hybridized carbons (Fsp3) is 0.588. The topological polar surface area (TPSA) is 67.2 Å². The summed E-state index contributed by atoms with van der Waals surface area (Å²) in [5, 5.41) is 5.99. The van der Waals surface area contributed by atoms with E-state index in [4.69, 9.17) is 5.73 Å². The van der Waals surface area contributed by atoms with E-state index >= 15 is 0 Å². The van der Waals surface area contributed by atoms with Crippen molar-refractivity contribution in [3.63, 3.8) is 0 Å². The van der Waals surface area contributed by atoms with Crippen LogP contribution in [0, 0.1) is 5.92 Å². The fourth-order valence-electron chi connectivity index (χ4n) is 3.02. The molecule has 3 unspecified atom stereocenters. The maximum absolute atomic E-state index is 12.0. The molecule has 0 aliphatic heterocycles. The van der Waals surface area contributed by atoms with Crippen molar-refractivity contribution in [3.05, 3.63) is 29.8 Å². The summed E-state index contributed by atoms with van der Waals surface area (Å²) in [4.78, 5) is 12.0. The summed E-state index contributed by atoms with van der Waals surface area (Å²) >= 11 is 0. The molecule has 0 saturated heterocycles. The predicted molar refractivity (Wildman–Crippen MR) is 87.2 cm³/mol. The number of benzene rings is 1. The first-order valence-electron chi connectivity index (χ1n) is 8.01. The summed E-state index contributed by atoms with van der Waals surface area (Å²) in [6, 6.07) is 7.92. The minimum Gasteiger partial charge on any atom is -0.335 e. The molecule has 3 atom stereocenters. The Morgan fingerprint density at radius 2 is 2.05 bits per heavy atom. The van der Waals surface area contributed by atoms with Crippen LogP contribution >= 0.6 is 0 Å². The normalized spacial score (nSPS) is 23.4. The molecule has 0 heterocycles. The van der Waals surface area contributed by atoms with Gasteiger partial charge in [-0.05, 0) is 43.4 Å².